The highest BCUT2D eigenvalue weighted by atomic mass is 16.6. The van der Waals surface area contributed by atoms with Crippen LogP contribution in [0.3, 0.4) is 0 Å². The Balaban J connectivity index is 1.53. The number of hydrogen-bond acceptors (Lipinski definition) is 7. The fourth-order valence-corrected chi connectivity index (χ4v) is 3.11. The number of nitro groups is 1. The van der Waals surface area contributed by atoms with Gasteiger partial charge in [0.25, 0.3) is 11.6 Å². The highest BCUT2D eigenvalue weighted by molar-refractivity contribution is 6.05. The molecule has 9 heteroatoms. The SMILES string of the molecule is O=C(COC(=O)c1cc(-c2cccnc2)nc2ccccc12)Nc1cccc([N+](=O)[O-])c1. The molecule has 0 spiro atoms. The molecule has 4 aromatic rings. The summed E-state index contributed by atoms with van der Waals surface area (Å²) in [6, 6.07) is 17.8. The molecule has 1 amide bonds. The van der Waals surface area contributed by atoms with Crippen LogP contribution in [0.5, 0.6) is 0 Å². The summed E-state index contributed by atoms with van der Waals surface area (Å²) in [4.78, 5) is 44.0. The average molecular weight is 428 g/mol. The van der Waals surface area contributed by atoms with E-state index in [2.05, 4.69) is 15.3 Å². The third kappa shape index (κ3) is 4.57. The number of nitrogens with one attached hydrogen (secondary N) is 1. The lowest BCUT2D eigenvalue weighted by molar-refractivity contribution is -0.384. The zero-order valence-corrected chi connectivity index (χ0v) is 16.6. The van der Waals surface area contributed by atoms with E-state index in [0.717, 1.165) is 5.56 Å². The predicted octanol–water partition coefficient (Wildman–Crippen LogP) is 4.00. The van der Waals surface area contributed by atoms with Crippen molar-refractivity contribution in [3.8, 4) is 11.3 Å². The molecule has 0 bridgehead atoms. The van der Waals surface area contributed by atoms with Gasteiger partial charge in [0.15, 0.2) is 6.61 Å². The van der Waals surface area contributed by atoms with Crippen molar-refractivity contribution in [2.24, 2.45) is 0 Å². The standard InChI is InChI=1S/C23H16N4O5/c28-22(25-16-6-3-7-17(11-16)27(30)31)14-32-23(29)19-12-21(15-5-4-10-24-13-15)26-20-9-2-1-8-18(19)20/h1-13H,14H2,(H,25,28). The van der Waals surface area contributed by atoms with Crippen molar-refractivity contribution in [1.82, 2.24) is 9.97 Å². The predicted molar refractivity (Wildman–Crippen MR) is 117 cm³/mol. The molecular weight excluding hydrogens is 412 g/mol. The lowest BCUT2D eigenvalue weighted by Crippen LogP contribution is -2.21. The normalized spacial score (nSPS) is 10.5. The molecule has 0 aliphatic carbocycles. The van der Waals surface area contributed by atoms with Crippen LogP contribution in [0.1, 0.15) is 10.4 Å². The van der Waals surface area contributed by atoms with Crippen molar-refractivity contribution in [1.29, 1.82) is 0 Å². The lowest BCUT2D eigenvalue weighted by atomic mass is 10.1. The van der Waals surface area contributed by atoms with E-state index in [-0.39, 0.29) is 16.9 Å². The fraction of sp³-hybridized carbons (Fsp3) is 0.0435. The van der Waals surface area contributed by atoms with Crippen LogP contribution >= 0.6 is 0 Å². The van der Waals surface area contributed by atoms with Gasteiger partial charge in [0, 0.05) is 41.2 Å². The number of carbonyl (C=O) groups is 2. The minimum atomic E-state index is -0.692. The number of carbonyl (C=O) groups excluding carboxylic acids is 2. The van der Waals surface area contributed by atoms with Crippen LogP contribution in [0, 0.1) is 10.1 Å². The number of non-ortho nitro benzene ring substituents is 1. The average Bonchev–Trinajstić information content (AvgIpc) is 2.82. The molecule has 1 N–H and O–H groups in total. The number of nitro benzene ring substituents is 1. The number of ether oxygens (including phenoxy) is 1. The molecule has 158 valence electrons. The number of para-hydroxylation sites is 1. The highest BCUT2D eigenvalue weighted by Crippen LogP contribution is 2.25. The summed E-state index contributed by atoms with van der Waals surface area (Å²) in [6.45, 7) is -0.555. The van der Waals surface area contributed by atoms with Crippen molar-refractivity contribution in [3.63, 3.8) is 0 Å². The topological polar surface area (TPSA) is 124 Å². The molecule has 2 aromatic heterocycles. The summed E-state index contributed by atoms with van der Waals surface area (Å²) < 4.78 is 5.21. The van der Waals surface area contributed by atoms with Gasteiger partial charge in [-0.05, 0) is 30.3 Å². The number of benzene rings is 2. The van der Waals surface area contributed by atoms with Gasteiger partial charge >= 0.3 is 5.97 Å². The summed E-state index contributed by atoms with van der Waals surface area (Å²) in [5, 5.41) is 13.9. The molecular formula is C23H16N4O5. The van der Waals surface area contributed by atoms with Crippen LogP contribution in [-0.2, 0) is 9.53 Å². The largest absolute Gasteiger partial charge is 0.452 e. The summed E-state index contributed by atoms with van der Waals surface area (Å²) in [7, 11) is 0. The van der Waals surface area contributed by atoms with Crippen molar-refractivity contribution < 1.29 is 19.2 Å². The summed E-state index contributed by atoms with van der Waals surface area (Å²) in [5.74, 6) is -1.31. The number of rotatable bonds is 6. The van der Waals surface area contributed by atoms with Crippen LogP contribution < -0.4 is 5.32 Å². The van der Waals surface area contributed by atoms with Gasteiger partial charge in [-0.15, -0.1) is 0 Å². The summed E-state index contributed by atoms with van der Waals surface area (Å²) in [6.07, 6.45) is 3.28. The van der Waals surface area contributed by atoms with E-state index >= 15 is 0 Å². The van der Waals surface area contributed by atoms with E-state index in [9.17, 15) is 19.7 Å². The van der Waals surface area contributed by atoms with Gasteiger partial charge in [-0.2, -0.15) is 0 Å². The Hall–Kier alpha value is -4.66. The first-order chi connectivity index (χ1) is 15.5. The molecule has 0 saturated carbocycles. The lowest BCUT2D eigenvalue weighted by Gasteiger charge is -2.10. The van der Waals surface area contributed by atoms with Gasteiger partial charge < -0.3 is 10.1 Å². The minimum Gasteiger partial charge on any atom is -0.452 e. The molecule has 32 heavy (non-hydrogen) atoms. The monoisotopic (exact) mass is 428 g/mol. The first kappa shape index (κ1) is 20.6. The maximum atomic E-state index is 12.8. The first-order valence-electron chi connectivity index (χ1n) is 9.53. The van der Waals surface area contributed by atoms with Crippen LogP contribution in [0.2, 0.25) is 0 Å². The van der Waals surface area contributed by atoms with Gasteiger partial charge in [-0.3, -0.25) is 19.9 Å². The number of fused-ring (bicyclic) bond motifs is 1. The van der Waals surface area contributed by atoms with E-state index in [4.69, 9.17) is 4.74 Å². The van der Waals surface area contributed by atoms with Gasteiger partial charge in [0.2, 0.25) is 0 Å². The van der Waals surface area contributed by atoms with Crippen molar-refractivity contribution in [3.05, 3.63) is 94.8 Å². The second kappa shape index (κ2) is 9.00. The Labute approximate surface area is 181 Å². The Bertz CT molecular complexity index is 1320. The van der Waals surface area contributed by atoms with E-state index in [1.165, 1.54) is 24.3 Å². The number of hydrogen-bond donors (Lipinski definition) is 1. The van der Waals surface area contributed by atoms with Gasteiger partial charge in [-0.25, -0.2) is 9.78 Å². The molecule has 0 radical (unpaired) electrons. The van der Waals surface area contributed by atoms with Crippen molar-refractivity contribution in [2.45, 2.75) is 0 Å². The molecule has 0 fully saturated rings. The number of amides is 1. The van der Waals surface area contributed by atoms with E-state index in [1.807, 2.05) is 12.1 Å². The smallest absolute Gasteiger partial charge is 0.339 e. The number of nitrogens with zero attached hydrogens (tertiary/aromatic N) is 3. The second-order valence-electron chi connectivity index (χ2n) is 6.75. The van der Waals surface area contributed by atoms with E-state index in [1.54, 1.807) is 42.7 Å². The van der Waals surface area contributed by atoms with E-state index in [0.29, 0.717) is 16.6 Å². The van der Waals surface area contributed by atoms with E-state index < -0.39 is 23.4 Å². The zero-order chi connectivity index (χ0) is 22.5. The molecule has 0 unspecified atom stereocenters. The maximum absolute atomic E-state index is 12.8. The Kier molecular flexibility index (Phi) is 5.80. The molecule has 9 nitrogen and oxygen atoms in total. The Morgan fingerprint density at radius 3 is 2.66 bits per heavy atom. The third-order valence-electron chi connectivity index (χ3n) is 4.57. The Morgan fingerprint density at radius 2 is 1.88 bits per heavy atom. The van der Waals surface area contributed by atoms with Crippen LogP contribution in [0.4, 0.5) is 11.4 Å². The highest BCUT2D eigenvalue weighted by Gasteiger charge is 2.17. The molecule has 0 aliphatic rings. The van der Waals surface area contributed by atoms with Crippen molar-refractivity contribution in [2.75, 3.05) is 11.9 Å². The third-order valence-corrected chi connectivity index (χ3v) is 4.57. The Morgan fingerprint density at radius 1 is 1.03 bits per heavy atom. The zero-order valence-electron chi connectivity index (χ0n) is 16.6. The number of anilines is 1. The molecule has 4 rings (SSSR count). The number of pyridine rings is 2. The quantitative estimate of drug-likeness (QED) is 0.280. The minimum absolute atomic E-state index is 0.161. The van der Waals surface area contributed by atoms with Gasteiger partial charge in [0.1, 0.15) is 0 Å². The van der Waals surface area contributed by atoms with Crippen LogP contribution in [0.25, 0.3) is 22.2 Å². The number of aromatic nitrogens is 2. The summed E-state index contributed by atoms with van der Waals surface area (Å²) >= 11 is 0. The molecule has 2 heterocycles. The first-order valence-corrected chi connectivity index (χ1v) is 9.53. The summed E-state index contributed by atoms with van der Waals surface area (Å²) in [5.41, 5.74) is 2.21. The van der Waals surface area contributed by atoms with Gasteiger partial charge in [0.05, 0.1) is 21.7 Å². The van der Waals surface area contributed by atoms with Crippen LogP contribution in [-0.4, -0.2) is 33.4 Å². The van der Waals surface area contributed by atoms with Crippen LogP contribution in [0.15, 0.2) is 79.1 Å². The fourth-order valence-electron chi connectivity index (χ4n) is 3.11. The molecule has 2 aromatic carbocycles. The second-order valence-corrected chi connectivity index (χ2v) is 6.75. The molecule has 0 saturated heterocycles. The molecule has 0 aliphatic heterocycles. The maximum Gasteiger partial charge on any atom is 0.339 e. The van der Waals surface area contributed by atoms with Crippen molar-refractivity contribution >= 4 is 34.2 Å². The molecule has 0 atom stereocenters. The number of esters is 1. The van der Waals surface area contributed by atoms with Gasteiger partial charge in [-0.1, -0.05) is 24.3 Å².